The Labute approximate surface area is 158 Å². The Kier molecular flexibility index (Phi) is 3.46. The number of aryl methyl sites for hydroxylation is 1. The number of nitrogens with zero attached hydrogens (tertiary/aromatic N) is 3. The second-order valence-electron chi connectivity index (χ2n) is 8.11. The lowest BCUT2D eigenvalue weighted by Gasteiger charge is -2.30. The SMILES string of the molecule is Cc1cccc2c1c(=O)nc1n2-c2cc(N3CCNCC3)ccc2C1(C)C. The smallest absolute Gasteiger partial charge is 0.281 e. The molecular weight excluding hydrogens is 336 g/mol. The van der Waals surface area contributed by atoms with Gasteiger partial charge in [0.2, 0.25) is 0 Å². The molecule has 27 heavy (non-hydrogen) atoms. The molecule has 0 radical (unpaired) electrons. The van der Waals surface area contributed by atoms with Gasteiger partial charge in [-0.1, -0.05) is 18.2 Å². The van der Waals surface area contributed by atoms with Crippen molar-refractivity contribution in [2.45, 2.75) is 26.2 Å². The van der Waals surface area contributed by atoms with E-state index in [2.05, 4.69) is 51.8 Å². The van der Waals surface area contributed by atoms with Gasteiger partial charge in [-0.25, -0.2) is 0 Å². The number of rotatable bonds is 1. The predicted octanol–water partition coefficient (Wildman–Crippen LogP) is 2.74. The molecular formula is C22H24N4O. The molecule has 0 atom stereocenters. The first kappa shape index (κ1) is 16.5. The highest BCUT2D eigenvalue weighted by Crippen LogP contribution is 2.44. The van der Waals surface area contributed by atoms with Crippen molar-refractivity contribution in [1.82, 2.24) is 14.9 Å². The molecule has 0 aliphatic carbocycles. The molecule has 0 bridgehead atoms. The van der Waals surface area contributed by atoms with Crippen LogP contribution < -0.4 is 15.8 Å². The van der Waals surface area contributed by atoms with Gasteiger partial charge in [-0.2, -0.15) is 4.98 Å². The van der Waals surface area contributed by atoms with Crippen LogP contribution in [-0.4, -0.2) is 35.7 Å². The van der Waals surface area contributed by atoms with Gasteiger partial charge in [-0.05, 0) is 50.1 Å². The van der Waals surface area contributed by atoms with Crippen molar-refractivity contribution in [2.24, 2.45) is 0 Å². The number of hydrogen-bond acceptors (Lipinski definition) is 4. The van der Waals surface area contributed by atoms with E-state index in [9.17, 15) is 4.79 Å². The number of nitrogens with one attached hydrogen (secondary N) is 1. The zero-order valence-electron chi connectivity index (χ0n) is 16.0. The molecule has 1 saturated heterocycles. The van der Waals surface area contributed by atoms with Gasteiger partial charge in [-0.3, -0.25) is 9.36 Å². The molecule has 0 unspecified atom stereocenters. The Bertz CT molecular complexity index is 1120. The highest BCUT2D eigenvalue weighted by atomic mass is 16.1. The van der Waals surface area contributed by atoms with E-state index in [1.165, 1.54) is 11.3 Å². The zero-order valence-corrected chi connectivity index (χ0v) is 16.0. The third-order valence-electron chi connectivity index (χ3n) is 6.06. The summed E-state index contributed by atoms with van der Waals surface area (Å²) in [6.07, 6.45) is 0. The van der Waals surface area contributed by atoms with Crippen LogP contribution in [0.15, 0.2) is 41.2 Å². The molecule has 1 fully saturated rings. The number of fused-ring (bicyclic) bond motifs is 5. The van der Waals surface area contributed by atoms with Crippen LogP contribution in [0.5, 0.6) is 0 Å². The summed E-state index contributed by atoms with van der Waals surface area (Å²) in [6, 6.07) is 12.7. The van der Waals surface area contributed by atoms with E-state index in [-0.39, 0.29) is 11.0 Å². The second-order valence-corrected chi connectivity index (χ2v) is 8.11. The van der Waals surface area contributed by atoms with Crippen molar-refractivity contribution >= 4 is 16.6 Å². The summed E-state index contributed by atoms with van der Waals surface area (Å²) in [5.74, 6) is 0.832. The third-order valence-corrected chi connectivity index (χ3v) is 6.06. The van der Waals surface area contributed by atoms with Crippen molar-refractivity contribution < 1.29 is 0 Å². The van der Waals surface area contributed by atoms with Gasteiger partial charge in [0, 0.05) is 31.9 Å². The molecule has 0 amide bonds. The van der Waals surface area contributed by atoms with Gasteiger partial charge in [0.05, 0.1) is 22.0 Å². The molecule has 3 aromatic rings. The van der Waals surface area contributed by atoms with Crippen molar-refractivity contribution in [3.8, 4) is 5.69 Å². The van der Waals surface area contributed by atoms with E-state index in [0.29, 0.717) is 0 Å². The normalized spacial score (nSPS) is 17.8. The maximum atomic E-state index is 12.8. The predicted molar refractivity (Wildman–Crippen MR) is 109 cm³/mol. The number of aromatic nitrogens is 2. The first-order chi connectivity index (χ1) is 13.0. The maximum Gasteiger partial charge on any atom is 0.281 e. The van der Waals surface area contributed by atoms with Crippen LogP contribution in [0.25, 0.3) is 16.6 Å². The summed E-state index contributed by atoms with van der Waals surface area (Å²) < 4.78 is 2.20. The number of anilines is 1. The second kappa shape index (κ2) is 5.67. The summed E-state index contributed by atoms with van der Waals surface area (Å²) in [5, 5.41) is 4.13. The van der Waals surface area contributed by atoms with E-state index in [0.717, 1.165) is 54.2 Å². The lowest BCUT2D eigenvalue weighted by Crippen LogP contribution is -2.43. The maximum absolute atomic E-state index is 12.8. The summed E-state index contributed by atoms with van der Waals surface area (Å²) in [4.78, 5) is 19.7. The van der Waals surface area contributed by atoms with Gasteiger partial charge in [0.1, 0.15) is 5.82 Å². The summed E-state index contributed by atoms with van der Waals surface area (Å²) in [6.45, 7) is 10.3. The van der Waals surface area contributed by atoms with Gasteiger partial charge < -0.3 is 10.2 Å². The minimum Gasteiger partial charge on any atom is -0.369 e. The van der Waals surface area contributed by atoms with Crippen molar-refractivity contribution in [2.75, 3.05) is 31.1 Å². The van der Waals surface area contributed by atoms with E-state index in [1.54, 1.807) is 0 Å². The number of benzene rings is 2. The third kappa shape index (κ3) is 2.28. The Balaban J connectivity index is 1.81. The van der Waals surface area contributed by atoms with E-state index < -0.39 is 0 Å². The molecule has 2 aliphatic heterocycles. The van der Waals surface area contributed by atoms with E-state index >= 15 is 0 Å². The molecule has 0 saturated carbocycles. The molecule has 3 heterocycles. The average Bonchev–Trinajstić information content (AvgIpc) is 2.89. The Hall–Kier alpha value is -2.66. The quantitative estimate of drug-likeness (QED) is 0.725. The molecule has 2 aromatic carbocycles. The van der Waals surface area contributed by atoms with Gasteiger partial charge in [-0.15, -0.1) is 0 Å². The molecule has 2 aliphatic rings. The van der Waals surface area contributed by atoms with Gasteiger partial charge in [0.25, 0.3) is 5.56 Å². The Morgan fingerprint density at radius 1 is 1.11 bits per heavy atom. The lowest BCUT2D eigenvalue weighted by atomic mass is 9.85. The minimum absolute atomic E-state index is 0.127. The largest absolute Gasteiger partial charge is 0.369 e. The van der Waals surface area contributed by atoms with Crippen molar-refractivity contribution in [3.63, 3.8) is 0 Å². The monoisotopic (exact) mass is 360 g/mol. The van der Waals surface area contributed by atoms with Crippen LogP contribution >= 0.6 is 0 Å². The van der Waals surface area contributed by atoms with Crippen molar-refractivity contribution in [3.05, 3.63) is 63.7 Å². The fourth-order valence-corrected chi connectivity index (χ4v) is 4.57. The van der Waals surface area contributed by atoms with Crippen LogP contribution in [0.4, 0.5) is 5.69 Å². The molecule has 5 rings (SSSR count). The first-order valence-corrected chi connectivity index (χ1v) is 9.62. The summed E-state index contributed by atoms with van der Waals surface area (Å²) >= 11 is 0. The highest BCUT2D eigenvalue weighted by molar-refractivity contribution is 5.85. The standard InChI is InChI=1S/C22H24N4O/c1-14-5-4-6-17-19(14)20(27)24-21-22(2,3)16-8-7-15(13-18(16)26(17)21)25-11-9-23-10-12-25/h4-8,13,23H,9-12H2,1-3H3. The molecule has 0 spiro atoms. The molecule has 1 N–H and O–H groups in total. The van der Waals surface area contributed by atoms with Gasteiger partial charge >= 0.3 is 0 Å². The zero-order chi connectivity index (χ0) is 18.8. The average molecular weight is 360 g/mol. The molecule has 5 nitrogen and oxygen atoms in total. The van der Waals surface area contributed by atoms with Crippen molar-refractivity contribution in [1.29, 1.82) is 0 Å². The Morgan fingerprint density at radius 3 is 2.67 bits per heavy atom. The fraction of sp³-hybridized carbons (Fsp3) is 0.364. The highest BCUT2D eigenvalue weighted by Gasteiger charge is 2.38. The van der Waals surface area contributed by atoms with E-state index in [1.807, 2.05) is 25.1 Å². The Morgan fingerprint density at radius 2 is 1.89 bits per heavy atom. The topological polar surface area (TPSA) is 50.2 Å². The van der Waals surface area contributed by atoms with Crippen LogP contribution in [0.2, 0.25) is 0 Å². The van der Waals surface area contributed by atoms with Crippen LogP contribution in [0, 0.1) is 6.92 Å². The number of piperazine rings is 1. The van der Waals surface area contributed by atoms with Crippen LogP contribution in [-0.2, 0) is 5.41 Å². The lowest BCUT2D eigenvalue weighted by molar-refractivity contribution is 0.589. The fourth-order valence-electron chi connectivity index (χ4n) is 4.57. The minimum atomic E-state index is -0.297. The van der Waals surface area contributed by atoms with Crippen LogP contribution in [0.1, 0.15) is 30.8 Å². The molecule has 5 heteroatoms. The summed E-state index contributed by atoms with van der Waals surface area (Å²) in [5.41, 5.74) is 5.11. The van der Waals surface area contributed by atoms with Gasteiger partial charge in [0.15, 0.2) is 0 Å². The molecule has 1 aromatic heterocycles. The van der Waals surface area contributed by atoms with Crippen LogP contribution in [0.3, 0.4) is 0 Å². The number of hydrogen-bond donors (Lipinski definition) is 1. The summed E-state index contributed by atoms with van der Waals surface area (Å²) in [7, 11) is 0. The first-order valence-electron chi connectivity index (χ1n) is 9.62. The van der Waals surface area contributed by atoms with E-state index in [4.69, 9.17) is 0 Å². The molecule has 138 valence electrons.